The van der Waals surface area contributed by atoms with E-state index in [0.717, 1.165) is 6.92 Å². The van der Waals surface area contributed by atoms with Crippen molar-refractivity contribution in [3.63, 3.8) is 0 Å². The summed E-state index contributed by atoms with van der Waals surface area (Å²) in [6, 6.07) is 1.59. The van der Waals surface area contributed by atoms with Crippen LogP contribution >= 0.6 is 7.82 Å². The molecule has 1 fully saturated rings. The largest absolute Gasteiger partial charge is 0.508 e. The summed E-state index contributed by atoms with van der Waals surface area (Å²) in [4.78, 5) is 69.8. The number of carboxylic acid groups (broad SMARTS) is 2. The fourth-order valence-corrected chi connectivity index (χ4v) is 5.17. The third-order valence-corrected chi connectivity index (χ3v) is 7.56. The Labute approximate surface area is 248 Å². The van der Waals surface area contributed by atoms with Crippen molar-refractivity contribution in [2.45, 2.75) is 56.4 Å². The molecule has 2 unspecified atom stereocenters. The van der Waals surface area contributed by atoms with Crippen molar-refractivity contribution in [3.05, 3.63) is 29.3 Å². The quantitative estimate of drug-likeness (QED) is 0.0904. The first kappa shape index (κ1) is 34.4. The molecule has 1 aromatic carbocycles. The maximum absolute atomic E-state index is 12.4. The van der Waals surface area contributed by atoms with Crippen molar-refractivity contribution in [2.75, 3.05) is 18.1 Å². The van der Waals surface area contributed by atoms with Gasteiger partial charge < -0.3 is 51.1 Å². The Balaban J connectivity index is 1.61. The van der Waals surface area contributed by atoms with Crippen LogP contribution < -0.4 is 20.9 Å². The van der Waals surface area contributed by atoms with Crippen LogP contribution in [-0.2, 0) is 32.8 Å². The third-order valence-electron chi connectivity index (χ3n) is 6.50. The van der Waals surface area contributed by atoms with E-state index < -0.39 is 100 Å². The molecule has 2 aliphatic heterocycles. The predicted molar refractivity (Wildman–Crippen MR) is 145 cm³/mol. The van der Waals surface area contributed by atoms with E-state index in [1.807, 2.05) is 5.32 Å². The number of carbonyl (C=O) groups excluding carboxylic acids is 3. The van der Waals surface area contributed by atoms with Crippen molar-refractivity contribution >= 4 is 49.4 Å². The molecule has 0 saturated carbocycles. The number of hydrogen-bond donors (Lipinski definition) is 10. The van der Waals surface area contributed by atoms with E-state index in [0.29, 0.717) is 5.56 Å². The number of phosphoric acid groups is 1. The van der Waals surface area contributed by atoms with Crippen molar-refractivity contribution in [1.82, 2.24) is 16.0 Å². The molecule has 0 aromatic heterocycles. The Bertz CT molecular complexity index is 1390. The minimum absolute atomic E-state index is 0.0708. The second kappa shape index (κ2) is 14.1. The van der Waals surface area contributed by atoms with E-state index in [1.54, 1.807) is 0 Å². The number of nitrogens with zero attached hydrogens (tertiary/aromatic N) is 1. The van der Waals surface area contributed by atoms with Gasteiger partial charge in [0.1, 0.15) is 42.4 Å². The van der Waals surface area contributed by atoms with Crippen LogP contribution in [0.4, 0.5) is 10.5 Å². The third kappa shape index (κ3) is 8.73. The molecule has 1 aromatic rings. The van der Waals surface area contributed by atoms with Crippen LogP contribution in [0.25, 0.3) is 6.08 Å². The minimum Gasteiger partial charge on any atom is -0.508 e. The number of anilines is 1. The van der Waals surface area contributed by atoms with Gasteiger partial charge in [-0.25, -0.2) is 14.2 Å². The number of phenols is 1. The number of nitrogens with one attached hydrogen (secondary N) is 3. The minimum atomic E-state index is -5.13. The van der Waals surface area contributed by atoms with Crippen LogP contribution in [0.3, 0.4) is 0 Å². The predicted octanol–water partition coefficient (Wildman–Crippen LogP) is -2.20. The molecule has 7 atom stereocenters. The molecule has 10 N–H and O–H groups in total. The average Bonchev–Trinajstić information content (AvgIpc) is 2.93. The second-order valence-electron chi connectivity index (χ2n) is 9.79. The number of aliphatic carboxylic acids is 2. The van der Waals surface area contributed by atoms with Crippen LogP contribution in [0.15, 0.2) is 23.8 Å². The summed E-state index contributed by atoms with van der Waals surface area (Å²) < 4.78 is 21.6. The van der Waals surface area contributed by atoms with Crippen molar-refractivity contribution < 1.29 is 73.1 Å². The van der Waals surface area contributed by atoms with Crippen molar-refractivity contribution in [2.24, 2.45) is 0 Å². The number of benzene rings is 1. The van der Waals surface area contributed by atoms with E-state index in [1.165, 1.54) is 29.2 Å². The van der Waals surface area contributed by atoms with Gasteiger partial charge in [-0.3, -0.25) is 28.7 Å². The summed E-state index contributed by atoms with van der Waals surface area (Å²) in [6.45, 7) is -0.683. The van der Waals surface area contributed by atoms with Crippen LogP contribution in [0.5, 0.6) is 5.75 Å². The van der Waals surface area contributed by atoms with Gasteiger partial charge in [-0.15, -0.1) is 0 Å². The molecule has 0 spiro atoms. The smallest absolute Gasteiger partial charge is 0.473 e. The zero-order chi connectivity index (χ0) is 32.9. The molecule has 20 heteroatoms. The Morgan fingerprint density at radius 1 is 1.14 bits per heavy atom. The van der Waals surface area contributed by atoms with Gasteiger partial charge in [0.05, 0.1) is 12.2 Å². The van der Waals surface area contributed by atoms with Gasteiger partial charge >= 0.3 is 25.8 Å². The van der Waals surface area contributed by atoms with Crippen molar-refractivity contribution in [3.8, 4) is 5.75 Å². The van der Waals surface area contributed by atoms with Gasteiger partial charge in [0.2, 0.25) is 5.91 Å². The Morgan fingerprint density at radius 2 is 1.82 bits per heavy atom. The summed E-state index contributed by atoms with van der Waals surface area (Å²) in [7, 11) is -5.13. The Morgan fingerprint density at radius 3 is 2.45 bits per heavy atom. The average molecular weight is 646 g/mol. The van der Waals surface area contributed by atoms with E-state index in [-0.39, 0.29) is 17.0 Å². The Hall–Kier alpha value is -4.10. The molecule has 1 saturated heterocycles. The van der Waals surface area contributed by atoms with E-state index in [9.17, 15) is 53.9 Å². The number of β-amino-alcohol motifs (C(OH)–C–C–N with tert-alkyl or cyclic N) is 1. The van der Waals surface area contributed by atoms with Gasteiger partial charge in [0.25, 0.3) is 5.91 Å². The number of urea groups is 1. The van der Waals surface area contributed by atoms with Gasteiger partial charge in [0, 0.05) is 24.7 Å². The van der Waals surface area contributed by atoms with Crippen LogP contribution in [-0.4, -0.2) is 115 Å². The number of imide groups is 1. The first-order valence-electron chi connectivity index (χ1n) is 12.9. The molecule has 44 heavy (non-hydrogen) atoms. The summed E-state index contributed by atoms with van der Waals surface area (Å²) in [5.74, 6) is -4.99. The zero-order valence-electron chi connectivity index (χ0n) is 22.9. The number of amides is 4. The number of hydrogen-bond acceptors (Lipinski definition) is 13. The SMILES string of the molecule is C[C@H](OP(=O)(O)OC[C@@H](O)[C@@H](O)[C@@H](O)CN1c2cc(O)ccc2C=C2C(=O)NC(=O)NC21)C(=O)N[C@@H](CCC(=O)O)C(=O)O. The zero-order valence-corrected chi connectivity index (χ0v) is 23.8. The lowest BCUT2D eigenvalue weighted by Crippen LogP contribution is -2.63. The first-order chi connectivity index (χ1) is 20.5. The highest BCUT2D eigenvalue weighted by molar-refractivity contribution is 7.47. The van der Waals surface area contributed by atoms with Crippen LogP contribution in [0, 0.1) is 0 Å². The molecular weight excluding hydrogens is 615 g/mol. The highest BCUT2D eigenvalue weighted by Gasteiger charge is 2.40. The number of carboxylic acids is 2. The van der Waals surface area contributed by atoms with E-state index in [4.69, 9.17) is 10.2 Å². The number of rotatable bonds is 15. The molecule has 242 valence electrons. The van der Waals surface area contributed by atoms with E-state index >= 15 is 0 Å². The summed E-state index contributed by atoms with van der Waals surface area (Å²) in [5, 5.41) is 65.9. The molecule has 0 radical (unpaired) electrons. The standard InChI is InChI=1S/C24H31N4O15P/c1-10(21(35)25-14(23(37)38)4-5-18(32)33)43-44(40,41)42-9-17(31)19(34)16(30)8-28-15-7-12(29)3-2-11(15)6-13-20(28)26-24(39)27-22(13)36/h2-3,6-7,10,14,16-17,19-20,29-31,34H,4-5,8-9H2,1H3,(H,25,35)(H,32,33)(H,37,38)(H,40,41)(H2,26,27,36,39)/t10-,14-,16-,17+,19-,20?/m0/s1. The van der Waals surface area contributed by atoms with Crippen molar-refractivity contribution in [1.29, 1.82) is 0 Å². The monoisotopic (exact) mass is 646 g/mol. The lowest BCUT2D eigenvalue weighted by Gasteiger charge is -2.42. The van der Waals surface area contributed by atoms with Gasteiger partial charge in [-0.1, -0.05) is 0 Å². The summed E-state index contributed by atoms with van der Waals surface area (Å²) in [6.07, 6.45) is -8.46. The van der Waals surface area contributed by atoms with Crippen LogP contribution in [0.2, 0.25) is 0 Å². The van der Waals surface area contributed by atoms with Gasteiger partial charge in [0.15, 0.2) is 0 Å². The van der Waals surface area contributed by atoms with Gasteiger partial charge in [-0.05, 0) is 37.1 Å². The fourth-order valence-electron chi connectivity index (χ4n) is 4.27. The first-order valence-corrected chi connectivity index (χ1v) is 14.4. The Kier molecular flexibility index (Phi) is 11.0. The second-order valence-corrected chi connectivity index (χ2v) is 11.2. The normalized spacial score (nSPS) is 20.7. The highest BCUT2D eigenvalue weighted by atomic mass is 31.2. The number of phenolic OH excluding ortho intramolecular Hbond substituents is 1. The number of carbonyl (C=O) groups is 5. The summed E-state index contributed by atoms with van der Waals surface area (Å²) >= 11 is 0. The fraction of sp³-hybridized carbons (Fsp3) is 0.458. The van der Waals surface area contributed by atoms with E-state index in [2.05, 4.69) is 19.7 Å². The number of aliphatic hydroxyl groups is 3. The maximum Gasteiger partial charge on any atom is 0.473 e. The molecule has 2 heterocycles. The molecule has 0 bridgehead atoms. The number of aromatic hydroxyl groups is 1. The lowest BCUT2D eigenvalue weighted by molar-refractivity contribution is -0.144. The summed E-state index contributed by atoms with van der Waals surface area (Å²) in [5.41, 5.74) is 0.736. The molecule has 19 nitrogen and oxygen atoms in total. The van der Waals surface area contributed by atoms with Crippen LogP contribution in [0.1, 0.15) is 25.3 Å². The molecule has 4 amide bonds. The van der Waals surface area contributed by atoms with Gasteiger partial charge in [-0.2, -0.15) is 0 Å². The molecule has 3 rings (SSSR count). The molecular formula is C24H31N4O15P. The molecule has 2 aliphatic rings. The number of phosphoric ester groups is 1. The highest BCUT2D eigenvalue weighted by Crippen LogP contribution is 2.45. The topological polar surface area (TPSA) is 302 Å². The lowest BCUT2D eigenvalue weighted by atomic mass is 9.96. The maximum atomic E-state index is 12.4. The molecule has 0 aliphatic carbocycles. The number of aliphatic hydroxyl groups excluding tert-OH is 3. The number of fused-ring (bicyclic) bond motifs is 2.